The van der Waals surface area contributed by atoms with E-state index in [2.05, 4.69) is 36.0 Å². The molecule has 0 aromatic heterocycles. The Labute approximate surface area is 113 Å². The highest BCUT2D eigenvalue weighted by molar-refractivity contribution is 8.69. The minimum Gasteiger partial charge on any atom is -0.462 e. The number of phosphoric acid groups is 1. The lowest BCUT2D eigenvalue weighted by Gasteiger charge is -2.35. The number of carbonyl (C=O) groups is 1. The minimum absolute atomic E-state index is 2.38. The van der Waals surface area contributed by atoms with Crippen LogP contribution in [-0.2, 0) is 35.5 Å². The molecule has 0 aliphatic heterocycles. The SMILES string of the molecule is NOP(=O)(OS)S(=O)(OP(=O)(O)OO)(C(=O)O)[N+](=O)[O-]. The summed E-state index contributed by atoms with van der Waals surface area (Å²) in [5.74, 6) is 4.29. The summed E-state index contributed by atoms with van der Waals surface area (Å²) >= 11 is 2.73. The van der Waals surface area contributed by atoms with Crippen molar-refractivity contribution in [2.24, 2.45) is 5.90 Å². The van der Waals surface area contributed by atoms with Crippen molar-refractivity contribution in [3.63, 3.8) is 0 Å². The Morgan fingerprint density at radius 2 is 1.90 bits per heavy atom. The molecular weight excluding hydrogens is 374 g/mol. The number of rotatable bonds is 7. The van der Waals surface area contributed by atoms with Crippen LogP contribution in [0.1, 0.15) is 0 Å². The van der Waals surface area contributed by atoms with Crippen molar-refractivity contribution >= 4 is 42.0 Å². The standard InChI is InChI=1S/CH6N2O13P2S2/c2-13-18(11,15-19)20(12,1(4)5,3(6)7)16-17(9,10)14-8/h8,19H,2H2,(H,4,5)(H,9,10). The van der Waals surface area contributed by atoms with Crippen LogP contribution >= 0.6 is 27.5 Å². The van der Waals surface area contributed by atoms with Crippen molar-refractivity contribution in [2.45, 2.75) is 0 Å². The number of carboxylic acid groups (broad SMARTS) is 1. The fourth-order valence-corrected chi connectivity index (χ4v) is 8.27. The molecular formula is CH6N2O13P2S2. The zero-order valence-corrected chi connectivity index (χ0v) is 12.2. The summed E-state index contributed by atoms with van der Waals surface area (Å²) in [5.41, 5.74) is 0. The van der Waals surface area contributed by atoms with Gasteiger partial charge in [0.05, 0.1) is 0 Å². The number of nitrogens with zero attached hydrogens (tertiary/aromatic N) is 1. The van der Waals surface area contributed by atoms with E-state index in [9.17, 15) is 28.2 Å². The molecule has 0 saturated heterocycles. The maximum Gasteiger partial charge on any atom is 0.534 e. The summed E-state index contributed by atoms with van der Waals surface area (Å²) in [6, 6.07) is 0. The molecule has 2 atom stereocenters. The molecule has 20 heavy (non-hydrogen) atoms. The van der Waals surface area contributed by atoms with Gasteiger partial charge in [-0.25, -0.2) is 43.8 Å². The van der Waals surface area contributed by atoms with Crippen LogP contribution in [0.5, 0.6) is 0 Å². The maximum absolute atomic E-state index is 12.2. The third-order valence-corrected chi connectivity index (χ3v) is 11.2. The number of thiol groups is 1. The van der Waals surface area contributed by atoms with Crippen LogP contribution in [0.2, 0.25) is 0 Å². The van der Waals surface area contributed by atoms with Gasteiger partial charge in [-0.1, -0.05) is 0 Å². The zero-order valence-electron chi connectivity index (χ0n) is 8.70. The van der Waals surface area contributed by atoms with Crippen molar-refractivity contribution in [1.29, 1.82) is 0 Å². The zero-order chi connectivity index (χ0) is 16.4. The van der Waals surface area contributed by atoms with Gasteiger partial charge in [0.1, 0.15) is 0 Å². The van der Waals surface area contributed by atoms with E-state index < -0.39 is 33.4 Å². The van der Waals surface area contributed by atoms with Gasteiger partial charge in [-0.3, -0.25) is 4.89 Å². The Morgan fingerprint density at radius 1 is 1.45 bits per heavy atom. The minimum atomic E-state index is -7.55. The first-order valence-corrected chi connectivity index (χ1v) is 9.45. The fourth-order valence-electron chi connectivity index (χ4n) is 0.678. The van der Waals surface area contributed by atoms with Crippen LogP contribution in [0.25, 0.3) is 0 Å². The third-order valence-electron chi connectivity index (χ3n) is 1.52. The summed E-state index contributed by atoms with van der Waals surface area (Å²) in [4.78, 5) is 30.4. The molecule has 19 heteroatoms. The quantitative estimate of drug-likeness (QED) is 0.0980. The van der Waals surface area contributed by atoms with Crippen molar-refractivity contribution < 1.29 is 55.0 Å². The largest absolute Gasteiger partial charge is 0.534 e. The topological polar surface area (TPSA) is 235 Å². The molecule has 0 aliphatic rings. The van der Waals surface area contributed by atoms with E-state index in [1.807, 2.05) is 0 Å². The molecule has 0 aliphatic carbocycles. The molecule has 2 unspecified atom stereocenters. The highest BCUT2D eigenvalue weighted by Gasteiger charge is 2.73. The molecule has 0 aromatic carbocycles. The van der Waals surface area contributed by atoms with Crippen LogP contribution in [0, 0.1) is 10.1 Å². The number of nitrogens with two attached hydrogens (primary N) is 1. The van der Waals surface area contributed by atoms with Gasteiger partial charge in [-0.15, -0.1) is 12.9 Å². The number of nitro groups is 1. The van der Waals surface area contributed by atoms with Crippen LogP contribution in [0.4, 0.5) is 4.79 Å². The van der Waals surface area contributed by atoms with Crippen molar-refractivity contribution in [3.8, 4) is 0 Å². The second-order valence-corrected chi connectivity index (χ2v) is 11.5. The third kappa shape index (κ3) is 2.53. The average Bonchev–Trinajstić information content (AvgIpc) is 2.36. The second-order valence-electron chi connectivity index (χ2n) is 2.55. The summed E-state index contributed by atoms with van der Waals surface area (Å²) in [5, 5.41) is 24.3. The predicted molar refractivity (Wildman–Crippen MR) is 60.7 cm³/mol. The van der Waals surface area contributed by atoms with E-state index in [0.29, 0.717) is 0 Å². The number of hydrogen-bond donors (Lipinski definition) is 5. The van der Waals surface area contributed by atoms with Gasteiger partial charge in [0, 0.05) is 0 Å². The first-order valence-electron chi connectivity index (χ1n) is 3.59. The Morgan fingerprint density at radius 3 is 2.10 bits per heavy atom. The molecule has 5 N–H and O–H groups in total. The molecule has 0 amide bonds. The molecule has 0 rings (SSSR count). The molecule has 0 heterocycles. The summed E-state index contributed by atoms with van der Waals surface area (Å²) in [6.45, 7) is -6.11. The lowest BCUT2D eigenvalue weighted by Crippen LogP contribution is -2.49. The molecule has 15 nitrogen and oxygen atoms in total. The highest BCUT2D eigenvalue weighted by Crippen LogP contribution is 2.73. The van der Waals surface area contributed by atoms with Gasteiger partial charge in [-0.2, -0.15) is 0 Å². The van der Waals surface area contributed by atoms with E-state index in [1.54, 1.807) is 0 Å². The Kier molecular flexibility index (Phi) is 5.61. The van der Waals surface area contributed by atoms with Crippen molar-refractivity contribution in [2.75, 3.05) is 0 Å². The predicted octanol–water partition coefficient (Wildman–Crippen LogP) is 0.0576. The summed E-state index contributed by atoms with van der Waals surface area (Å²) < 4.78 is 45.2. The lowest BCUT2D eigenvalue weighted by molar-refractivity contribution is -0.316. The smallest absolute Gasteiger partial charge is 0.462 e. The molecule has 0 radical (unpaired) electrons. The van der Waals surface area contributed by atoms with Gasteiger partial charge < -0.3 is 5.11 Å². The first-order chi connectivity index (χ1) is 8.85. The maximum atomic E-state index is 12.2. The highest BCUT2D eigenvalue weighted by atomic mass is 32.8. The van der Waals surface area contributed by atoms with Crippen LogP contribution in [-0.4, -0.2) is 29.1 Å². The molecule has 0 spiro atoms. The van der Waals surface area contributed by atoms with Gasteiger partial charge in [0.25, 0.3) is 0 Å². The summed E-state index contributed by atoms with van der Waals surface area (Å²) in [7, 11) is -13.6. The molecule has 120 valence electrons. The van der Waals surface area contributed by atoms with Gasteiger partial charge in [-0.05, 0) is 12.9 Å². The van der Waals surface area contributed by atoms with E-state index in [-0.39, 0.29) is 0 Å². The van der Waals surface area contributed by atoms with Gasteiger partial charge in [0.2, 0.25) is 9.15 Å². The Balaban J connectivity index is 6.73. The van der Waals surface area contributed by atoms with Crippen LogP contribution in [0.15, 0.2) is 0 Å². The second kappa shape index (κ2) is 5.74. The lowest BCUT2D eigenvalue weighted by atomic mass is 11.6. The summed E-state index contributed by atoms with van der Waals surface area (Å²) in [6.07, 6.45) is 0. The fraction of sp³-hybridized carbons (Fsp3) is 0. The van der Waals surface area contributed by atoms with Crippen LogP contribution < -0.4 is 5.90 Å². The first kappa shape index (κ1) is 19.6. The number of hydrogen-bond acceptors (Lipinski definition) is 13. The molecule has 0 fully saturated rings. The Bertz CT molecular complexity index is 555. The van der Waals surface area contributed by atoms with E-state index in [0.717, 1.165) is 0 Å². The molecule has 0 bridgehead atoms. The van der Waals surface area contributed by atoms with Crippen molar-refractivity contribution in [3.05, 3.63) is 10.1 Å². The molecule has 0 aromatic rings. The van der Waals surface area contributed by atoms with Gasteiger partial charge >= 0.3 is 19.9 Å². The van der Waals surface area contributed by atoms with Crippen LogP contribution in [0.3, 0.4) is 0 Å². The van der Waals surface area contributed by atoms with Crippen molar-refractivity contribution in [1.82, 2.24) is 0 Å². The Hall–Kier alpha value is -0.450. The monoisotopic (exact) mass is 380 g/mol. The van der Waals surface area contributed by atoms with E-state index in [4.69, 9.17) is 15.3 Å². The normalized spacial score (nSPS) is 20.1. The van der Waals surface area contributed by atoms with E-state index >= 15 is 0 Å². The van der Waals surface area contributed by atoms with E-state index in [1.165, 1.54) is 0 Å². The average molecular weight is 380 g/mol. The van der Waals surface area contributed by atoms with Gasteiger partial charge in [0.15, 0.2) is 4.33 Å². The molecule has 0 saturated carbocycles.